The topological polar surface area (TPSA) is 29.5 Å². The van der Waals surface area contributed by atoms with E-state index in [1.165, 1.54) is 24.0 Å². The van der Waals surface area contributed by atoms with E-state index in [1.54, 1.807) is 0 Å². The second kappa shape index (κ2) is 7.82. The molecule has 3 nitrogen and oxygen atoms in total. The van der Waals surface area contributed by atoms with E-state index >= 15 is 0 Å². The van der Waals surface area contributed by atoms with Crippen molar-refractivity contribution in [2.45, 2.75) is 32.4 Å². The first-order valence-corrected chi connectivity index (χ1v) is 8.92. The quantitative estimate of drug-likeness (QED) is 0.789. The zero-order chi connectivity index (χ0) is 16.8. The van der Waals surface area contributed by atoms with Crippen molar-refractivity contribution in [3.05, 3.63) is 65.7 Å². The van der Waals surface area contributed by atoms with Gasteiger partial charge in [-0.05, 0) is 24.6 Å². The van der Waals surface area contributed by atoms with Crippen LogP contribution in [0, 0.1) is 6.92 Å². The van der Waals surface area contributed by atoms with Crippen molar-refractivity contribution >= 4 is 0 Å². The maximum absolute atomic E-state index is 10.5. The molecule has 3 heteroatoms. The molecule has 2 aromatic carbocycles. The Kier molecular flexibility index (Phi) is 5.54. The number of likely N-dealkylation sites (tertiary alicyclic amines) is 1. The van der Waals surface area contributed by atoms with Gasteiger partial charge in [-0.2, -0.15) is 0 Å². The summed E-state index contributed by atoms with van der Waals surface area (Å²) >= 11 is 0. The molecule has 1 heterocycles. The summed E-state index contributed by atoms with van der Waals surface area (Å²) in [7, 11) is 0. The molecule has 1 aliphatic rings. The third kappa shape index (κ3) is 4.59. The fraction of sp³-hybridized carbons (Fsp3) is 0.429. The smallest absolute Gasteiger partial charge is 0.137 e. The van der Waals surface area contributed by atoms with Gasteiger partial charge in [-0.25, -0.2) is 0 Å². The number of rotatable bonds is 7. The molecule has 0 amide bonds. The van der Waals surface area contributed by atoms with E-state index in [9.17, 15) is 5.11 Å². The van der Waals surface area contributed by atoms with Crippen LogP contribution < -0.4 is 4.74 Å². The molecule has 1 unspecified atom stereocenters. The molecule has 0 bridgehead atoms. The lowest BCUT2D eigenvalue weighted by atomic mass is 10.1. The van der Waals surface area contributed by atoms with Crippen LogP contribution in [0.25, 0.3) is 0 Å². The summed E-state index contributed by atoms with van der Waals surface area (Å²) in [5.74, 6) is 0.838. The maximum Gasteiger partial charge on any atom is 0.137 e. The van der Waals surface area contributed by atoms with Gasteiger partial charge in [-0.1, -0.05) is 42.5 Å². The average Bonchev–Trinajstić information content (AvgIpc) is 3.02. The lowest BCUT2D eigenvalue weighted by Crippen LogP contribution is -2.50. The van der Waals surface area contributed by atoms with E-state index in [2.05, 4.69) is 30.3 Å². The number of aryl methyl sites for hydroxylation is 1. The highest BCUT2D eigenvalue weighted by Crippen LogP contribution is 2.24. The van der Waals surface area contributed by atoms with E-state index in [4.69, 9.17) is 4.74 Å². The standard InChI is InChI=1S/C21H28NO2/c1-18-8-7-11-21(14-18)24-17-20(23)16-22(12-5-6-13-22)15-19-9-3-2-4-10-19/h2-4,7-11,14,20,23H,5-6,12-13,15-17H2,1H3/q+1. The first-order valence-electron chi connectivity index (χ1n) is 8.92. The Balaban J connectivity index is 1.58. The molecule has 128 valence electrons. The van der Waals surface area contributed by atoms with E-state index < -0.39 is 6.10 Å². The van der Waals surface area contributed by atoms with Gasteiger partial charge in [0.2, 0.25) is 0 Å². The molecule has 0 aromatic heterocycles. The van der Waals surface area contributed by atoms with Crippen molar-refractivity contribution in [1.82, 2.24) is 0 Å². The molecule has 0 saturated carbocycles. The second-order valence-corrected chi connectivity index (χ2v) is 7.10. The summed E-state index contributed by atoms with van der Waals surface area (Å²) in [6.07, 6.45) is 2.06. The summed E-state index contributed by atoms with van der Waals surface area (Å²) in [5, 5.41) is 10.5. The van der Waals surface area contributed by atoms with Crippen LogP contribution in [0.2, 0.25) is 0 Å². The van der Waals surface area contributed by atoms with Gasteiger partial charge in [-0.15, -0.1) is 0 Å². The van der Waals surface area contributed by atoms with Crippen LogP contribution in [-0.4, -0.2) is 41.9 Å². The van der Waals surface area contributed by atoms with Crippen molar-refractivity contribution in [2.24, 2.45) is 0 Å². The molecule has 0 aliphatic carbocycles. The highest BCUT2D eigenvalue weighted by molar-refractivity contribution is 5.27. The van der Waals surface area contributed by atoms with Gasteiger partial charge < -0.3 is 14.3 Å². The second-order valence-electron chi connectivity index (χ2n) is 7.10. The molecular formula is C21H28NO2+. The molecule has 1 N–H and O–H groups in total. The maximum atomic E-state index is 10.5. The van der Waals surface area contributed by atoms with Crippen LogP contribution in [0.1, 0.15) is 24.0 Å². The summed E-state index contributed by atoms with van der Waals surface area (Å²) in [4.78, 5) is 0. The predicted octanol–water partition coefficient (Wildman–Crippen LogP) is 3.55. The van der Waals surface area contributed by atoms with Gasteiger partial charge >= 0.3 is 0 Å². The Hall–Kier alpha value is -1.84. The van der Waals surface area contributed by atoms with Crippen molar-refractivity contribution in [3.63, 3.8) is 0 Å². The van der Waals surface area contributed by atoms with Crippen LogP contribution in [0.3, 0.4) is 0 Å². The molecule has 1 atom stereocenters. The molecule has 2 aromatic rings. The first-order chi connectivity index (χ1) is 11.7. The van der Waals surface area contributed by atoms with Gasteiger partial charge in [0, 0.05) is 18.4 Å². The normalized spacial score (nSPS) is 17.6. The Morgan fingerprint density at radius 3 is 2.50 bits per heavy atom. The van der Waals surface area contributed by atoms with Crippen LogP contribution in [0.5, 0.6) is 5.75 Å². The monoisotopic (exact) mass is 326 g/mol. The number of aliphatic hydroxyl groups excluding tert-OH is 1. The lowest BCUT2D eigenvalue weighted by Gasteiger charge is -2.36. The molecule has 0 radical (unpaired) electrons. The highest BCUT2D eigenvalue weighted by atomic mass is 16.5. The minimum Gasteiger partial charge on any atom is -0.491 e. The minimum atomic E-state index is -0.438. The van der Waals surface area contributed by atoms with Gasteiger partial charge in [0.25, 0.3) is 0 Å². The molecule has 0 spiro atoms. The number of hydrogen-bond donors (Lipinski definition) is 1. The molecular weight excluding hydrogens is 298 g/mol. The van der Waals surface area contributed by atoms with Crippen molar-refractivity contribution in [3.8, 4) is 5.75 Å². The van der Waals surface area contributed by atoms with Crippen LogP contribution >= 0.6 is 0 Å². The third-order valence-electron chi connectivity index (χ3n) is 4.91. The van der Waals surface area contributed by atoms with Crippen molar-refractivity contribution in [1.29, 1.82) is 0 Å². The van der Waals surface area contributed by atoms with Gasteiger partial charge in [-0.3, -0.25) is 0 Å². The number of quaternary nitrogens is 1. The Bertz CT molecular complexity index is 635. The molecule has 1 saturated heterocycles. The van der Waals surface area contributed by atoms with Gasteiger partial charge in [0.15, 0.2) is 0 Å². The zero-order valence-electron chi connectivity index (χ0n) is 14.5. The summed E-state index contributed by atoms with van der Waals surface area (Å²) in [5.41, 5.74) is 2.53. The predicted molar refractivity (Wildman–Crippen MR) is 96.9 cm³/mol. The van der Waals surface area contributed by atoms with Crippen LogP contribution in [-0.2, 0) is 6.54 Å². The van der Waals surface area contributed by atoms with E-state index in [0.29, 0.717) is 6.61 Å². The van der Waals surface area contributed by atoms with Gasteiger partial charge in [0.1, 0.15) is 31.5 Å². The molecule has 1 fully saturated rings. The van der Waals surface area contributed by atoms with Crippen molar-refractivity contribution in [2.75, 3.05) is 26.2 Å². The van der Waals surface area contributed by atoms with Gasteiger partial charge in [0.05, 0.1) is 13.1 Å². The minimum absolute atomic E-state index is 0.359. The van der Waals surface area contributed by atoms with Crippen molar-refractivity contribution < 1.29 is 14.3 Å². The zero-order valence-corrected chi connectivity index (χ0v) is 14.5. The number of nitrogens with zero attached hydrogens (tertiary/aromatic N) is 1. The van der Waals surface area contributed by atoms with E-state index in [0.717, 1.165) is 36.4 Å². The Morgan fingerprint density at radius 1 is 1.04 bits per heavy atom. The summed E-state index contributed by atoms with van der Waals surface area (Å²) in [6.45, 7) is 6.47. The SMILES string of the molecule is Cc1cccc(OCC(O)C[N+]2(Cc3ccccc3)CCCC2)c1. The highest BCUT2D eigenvalue weighted by Gasteiger charge is 2.34. The largest absolute Gasteiger partial charge is 0.491 e. The first kappa shape index (κ1) is 17.0. The number of ether oxygens (including phenoxy) is 1. The van der Waals surface area contributed by atoms with Crippen LogP contribution in [0.15, 0.2) is 54.6 Å². The van der Waals surface area contributed by atoms with E-state index in [-0.39, 0.29) is 0 Å². The van der Waals surface area contributed by atoms with Crippen LogP contribution in [0.4, 0.5) is 0 Å². The fourth-order valence-corrected chi connectivity index (χ4v) is 3.78. The molecule has 1 aliphatic heterocycles. The third-order valence-corrected chi connectivity index (χ3v) is 4.91. The number of benzene rings is 2. The summed E-state index contributed by atoms with van der Waals surface area (Å²) in [6, 6.07) is 18.6. The Labute approximate surface area is 145 Å². The fourth-order valence-electron chi connectivity index (χ4n) is 3.78. The average molecular weight is 326 g/mol. The summed E-state index contributed by atoms with van der Waals surface area (Å²) < 4.78 is 6.77. The molecule has 3 rings (SSSR count). The van der Waals surface area contributed by atoms with E-state index in [1.807, 2.05) is 31.2 Å². The number of hydrogen-bond acceptors (Lipinski definition) is 2. The number of aliphatic hydroxyl groups is 1. The lowest BCUT2D eigenvalue weighted by molar-refractivity contribution is -0.932. The Morgan fingerprint density at radius 2 is 1.79 bits per heavy atom. The molecule has 24 heavy (non-hydrogen) atoms.